The van der Waals surface area contributed by atoms with E-state index >= 15 is 0 Å². The molecule has 2 rings (SSSR count). The predicted octanol–water partition coefficient (Wildman–Crippen LogP) is 2.86. The topological polar surface area (TPSA) is 39.9 Å². The summed E-state index contributed by atoms with van der Waals surface area (Å²) in [4.78, 5) is 4.17. The first-order chi connectivity index (χ1) is 9.83. The Morgan fingerprint density at radius 2 is 2.30 bits per heavy atom. The Hall–Kier alpha value is -1.99. The van der Waals surface area contributed by atoms with E-state index in [9.17, 15) is 0 Å². The van der Waals surface area contributed by atoms with Gasteiger partial charge in [0.15, 0.2) is 5.82 Å². The zero-order valence-electron chi connectivity index (χ0n) is 11.3. The molecule has 0 unspecified atom stereocenters. The normalized spacial score (nSPS) is 9.90. The second-order valence-electron chi connectivity index (χ2n) is 4.05. The summed E-state index contributed by atoms with van der Waals surface area (Å²) < 4.78 is 7.53. The van der Waals surface area contributed by atoms with Crippen molar-refractivity contribution in [2.75, 3.05) is 5.88 Å². The lowest BCUT2D eigenvalue weighted by molar-refractivity contribution is 0.287. The molecule has 20 heavy (non-hydrogen) atoms. The standard InChI is InChI=1S/C15H16ClN3O/c1-2-19-15(17-12-18-19)11-20-14-8-5-7-13(10-14)6-3-4-9-16/h5,7-8,10,12H,2,4,9,11H2,1H3. The Morgan fingerprint density at radius 3 is 3.10 bits per heavy atom. The van der Waals surface area contributed by atoms with E-state index in [1.165, 1.54) is 6.33 Å². The molecule has 0 atom stereocenters. The van der Waals surface area contributed by atoms with Crippen molar-refractivity contribution in [3.05, 3.63) is 42.0 Å². The van der Waals surface area contributed by atoms with Gasteiger partial charge >= 0.3 is 0 Å². The van der Waals surface area contributed by atoms with Crippen LogP contribution in [0.15, 0.2) is 30.6 Å². The molecule has 0 bridgehead atoms. The van der Waals surface area contributed by atoms with Gasteiger partial charge in [-0.05, 0) is 25.1 Å². The molecule has 0 N–H and O–H groups in total. The molecular formula is C15H16ClN3O. The van der Waals surface area contributed by atoms with Crippen LogP contribution in [0.4, 0.5) is 0 Å². The highest BCUT2D eigenvalue weighted by molar-refractivity contribution is 6.18. The summed E-state index contributed by atoms with van der Waals surface area (Å²) in [5.74, 6) is 8.19. The van der Waals surface area contributed by atoms with Crippen molar-refractivity contribution in [2.24, 2.45) is 0 Å². The monoisotopic (exact) mass is 289 g/mol. The number of nitrogens with zero attached hydrogens (tertiary/aromatic N) is 3. The molecule has 0 radical (unpaired) electrons. The summed E-state index contributed by atoms with van der Waals surface area (Å²) in [5, 5.41) is 4.11. The zero-order valence-corrected chi connectivity index (χ0v) is 12.1. The van der Waals surface area contributed by atoms with E-state index in [0.717, 1.165) is 23.7 Å². The molecule has 4 nitrogen and oxygen atoms in total. The molecule has 0 aliphatic carbocycles. The van der Waals surface area contributed by atoms with E-state index in [2.05, 4.69) is 21.9 Å². The van der Waals surface area contributed by atoms with Gasteiger partial charge in [0.05, 0.1) is 0 Å². The molecule has 104 valence electrons. The second kappa shape index (κ2) is 7.56. The van der Waals surface area contributed by atoms with Gasteiger partial charge in [0.25, 0.3) is 0 Å². The van der Waals surface area contributed by atoms with E-state index in [1.807, 2.05) is 35.9 Å². The third-order valence-corrected chi connectivity index (χ3v) is 2.84. The summed E-state index contributed by atoms with van der Waals surface area (Å²) in [6, 6.07) is 7.68. The number of aromatic nitrogens is 3. The molecule has 2 aromatic rings. The minimum Gasteiger partial charge on any atom is -0.486 e. The molecule has 0 aliphatic rings. The number of aryl methyl sites for hydroxylation is 1. The van der Waals surface area contributed by atoms with Crippen molar-refractivity contribution >= 4 is 11.6 Å². The number of ether oxygens (including phenoxy) is 1. The summed E-state index contributed by atoms with van der Waals surface area (Å²) >= 11 is 5.59. The van der Waals surface area contributed by atoms with Crippen LogP contribution in [0.25, 0.3) is 0 Å². The van der Waals surface area contributed by atoms with Crippen LogP contribution in [0.3, 0.4) is 0 Å². The summed E-state index contributed by atoms with van der Waals surface area (Å²) in [5.41, 5.74) is 0.921. The van der Waals surface area contributed by atoms with E-state index in [0.29, 0.717) is 18.9 Å². The van der Waals surface area contributed by atoms with Gasteiger partial charge in [-0.2, -0.15) is 5.10 Å². The van der Waals surface area contributed by atoms with Crippen LogP contribution in [0.5, 0.6) is 5.75 Å². The van der Waals surface area contributed by atoms with Gasteiger partial charge < -0.3 is 4.74 Å². The highest BCUT2D eigenvalue weighted by Crippen LogP contribution is 2.14. The molecule has 1 heterocycles. The van der Waals surface area contributed by atoms with Gasteiger partial charge in [-0.15, -0.1) is 11.6 Å². The maximum Gasteiger partial charge on any atom is 0.164 e. The smallest absolute Gasteiger partial charge is 0.164 e. The quantitative estimate of drug-likeness (QED) is 0.628. The van der Waals surface area contributed by atoms with Gasteiger partial charge in [-0.3, -0.25) is 0 Å². The molecule has 5 heteroatoms. The van der Waals surface area contributed by atoms with Crippen LogP contribution in [0, 0.1) is 11.8 Å². The van der Waals surface area contributed by atoms with Gasteiger partial charge in [0, 0.05) is 24.4 Å². The lowest BCUT2D eigenvalue weighted by atomic mass is 10.2. The van der Waals surface area contributed by atoms with Crippen LogP contribution in [-0.4, -0.2) is 20.6 Å². The average molecular weight is 290 g/mol. The lowest BCUT2D eigenvalue weighted by Crippen LogP contribution is -2.07. The number of halogens is 1. The molecule has 0 saturated heterocycles. The van der Waals surface area contributed by atoms with Crippen molar-refractivity contribution in [3.8, 4) is 17.6 Å². The molecule has 0 fully saturated rings. The van der Waals surface area contributed by atoms with Crippen molar-refractivity contribution in [3.63, 3.8) is 0 Å². The molecule has 0 spiro atoms. The van der Waals surface area contributed by atoms with Crippen LogP contribution < -0.4 is 4.74 Å². The largest absolute Gasteiger partial charge is 0.486 e. The molecule has 1 aromatic carbocycles. The molecule has 0 saturated carbocycles. The van der Waals surface area contributed by atoms with Crippen LogP contribution in [0.2, 0.25) is 0 Å². The number of rotatable bonds is 5. The van der Waals surface area contributed by atoms with Crippen LogP contribution in [0.1, 0.15) is 24.7 Å². The van der Waals surface area contributed by atoms with Gasteiger partial charge in [0.2, 0.25) is 0 Å². The third kappa shape index (κ3) is 4.01. The summed E-state index contributed by atoms with van der Waals surface area (Å²) in [6.45, 7) is 3.19. The van der Waals surface area contributed by atoms with Gasteiger partial charge in [-0.1, -0.05) is 17.9 Å². The highest BCUT2D eigenvalue weighted by Gasteiger charge is 2.03. The Morgan fingerprint density at radius 1 is 1.40 bits per heavy atom. The lowest BCUT2D eigenvalue weighted by Gasteiger charge is -2.06. The van der Waals surface area contributed by atoms with Crippen LogP contribution >= 0.6 is 11.6 Å². The second-order valence-corrected chi connectivity index (χ2v) is 4.43. The summed E-state index contributed by atoms with van der Waals surface area (Å²) in [6.07, 6.45) is 2.22. The molecule has 0 amide bonds. The van der Waals surface area contributed by atoms with Crippen molar-refractivity contribution in [2.45, 2.75) is 26.5 Å². The zero-order chi connectivity index (χ0) is 14.2. The van der Waals surface area contributed by atoms with Gasteiger partial charge in [-0.25, -0.2) is 9.67 Å². The van der Waals surface area contributed by atoms with Gasteiger partial charge in [0.1, 0.15) is 18.7 Å². The Labute approximate surface area is 123 Å². The predicted molar refractivity (Wildman–Crippen MR) is 78.7 cm³/mol. The van der Waals surface area contributed by atoms with E-state index in [-0.39, 0.29) is 0 Å². The molecule has 1 aromatic heterocycles. The molecular weight excluding hydrogens is 274 g/mol. The number of hydrogen-bond acceptors (Lipinski definition) is 3. The van der Waals surface area contributed by atoms with Crippen LogP contribution in [-0.2, 0) is 13.2 Å². The number of alkyl halides is 1. The Kier molecular flexibility index (Phi) is 5.45. The first-order valence-corrected chi connectivity index (χ1v) is 7.01. The van der Waals surface area contributed by atoms with E-state index in [1.54, 1.807) is 0 Å². The van der Waals surface area contributed by atoms with Crippen molar-refractivity contribution < 1.29 is 4.74 Å². The SMILES string of the molecule is CCn1ncnc1COc1cccc(C#CCCCl)c1. The molecule has 0 aliphatic heterocycles. The fraction of sp³-hybridized carbons (Fsp3) is 0.333. The fourth-order valence-corrected chi connectivity index (χ4v) is 1.78. The average Bonchev–Trinajstić information content (AvgIpc) is 2.93. The Bertz CT molecular complexity index is 613. The maximum atomic E-state index is 5.72. The van der Waals surface area contributed by atoms with E-state index in [4.69, 9.17) is 16.3 Å². The van der Waals surface area contributed by atoms with E-state index < -0.39 is 0 Å². The number of benzene rings is 1. The first kappa shape index (κ1) is 14.4. The van der Waals surface area contributed by atoms with Crippen molar-refractivity contribution in [1.82, 2.24) is 14.8 Å². The summed E-state index contributed by atoms with van der Waals surface area (Å²) in [7, 11) is 0. The number of hydrogen-bond donors (Lipinski definition) is 0. The first-order valence-electron chi connectivity index (χ1n) is 6.48. The third-order valence-electron chi connectivity index (χ3n) is 2.65. The Balaban J connectivity index is 2.00. The fourth-order valence-electron chi connectivity index (χ4n) is 1.69. The van der Waals surface area contributed by atoms with Crippen molar-refractivity contribution in [1.29, 1.82) is 0 Å². The maximum absolute atomic E-state index is 5.72. The minimum atomic E-state index is 0.395. The highest BCUT2D eigenvalue weighted by atomic mass is 35.5. The minimum absolute atomic E-state index is 0.395.